The van der Waals surface area contributed by atoms with Crippen molar-refractivity contribution in [3.8, 4) is 5.75 Å². The zero-order valence-corrected chi connectivity index (χ0v) is 16.0. The van der Waals surface area contributed by atoms with Gasteiger partial charge in [0.25, 0.3) is 11.8 Å². The van der Waals surface area contributed by atoms with Crippen molar-refractivity contribution < 1.29 is 18.8 Å². The minimum Gasteiger partial charge on any atom is -0.489 e. The predicted molar refractivity (Wildman–Crippen MR) is 103 cm³/mol. The van der Waals surface area contributed by atoms with Crippen LogP contribution in [0.1, 0.15) is 37.7 Å². The molecule has 0 aliphatic heterocycles. The smallest absolute Gasteiger partial charge is 0.269 e. The first-order valence-corrected chi connectivity index (χ1v) is 8.82. The van der Waals surface area contributed by atoms with Gasteiger partial charge in [-0.05, 0) is 62.4 Å². The molecule has 0 fully saturated rings. The van der Waals surface area contributed by atoms with E-state index in [0.29, 0.717) is 34.3 Å². The van der Waals surface area contributed by atoms with Crippen LogP contribution in [0.15, 0.2) is 53.1 Å². The van der Waals surface area contributed by atoms with Crippen LogP contribution < -0.4 is 15.6 Å². The number of nitrogens with zero attached hydrogens (tertiary/aromatic N) is 1. The molecule has 0 spiro atoms. The molecule has 1 heterocycles. The molecule has 2 N–H and O–H groups in total. The lowest BCUT2D eigenvalue weighted by Crippen LogP contribution is -2.41. The molecule has 3 aromatic rings. The Labute approximate surface area is 166 Å². The normalized spacial score (nSPS) is 10.4. The number of carbonyl (C=O) groups excluding carboxylic acids is 2. The van der Waals surface area contributed by atoms with Gasteiger partial charge < -0.3 is 9.26 Å². The first kappa shape index (κ1) is 19.4. The summed E-state index contributed by atoms with van der Waals surface area (Å²) in [5.41, 5.74) is 7.16. The third kappa shape index (κ3) is 4.69. The third-order valence-corrected chi connectivity index (χ3v) is 4.33. The van der Waals surface area contributed by atoms with Crippen LogP contribution in [-0.2, 0) is 6.61 Å². The maximum absolute atomic E-state index is 12.2. The molecule has 0 aliphatic rings. The Morgan fingerprint density at radius 3 is 2.00 bits per heavy atom. The summed E-state index contributed by atoms with van der Waals surface area (Å²) >= 11 is 5.78. The Balaban J connectivity index is 1.53. The molecular formula is C20H18ClN3O4. The van der Waals surface area contributed by atoms with E-state index in [1.807, 2.05) is 13.8 Å². The molecule has 2 amide bonds. The summed E-state index contributed by atoms with van der Waals surface area (Å²) in [7, 11) is 0. The molecule has 144 valence electrons. The van der Waals surface area contributed by atoms with Gasteiger partial charge in [0.05, 0.1) is 11.3 Å². The zero-order valence-electron chi connectivity index (χ0n) is 15.3. The highest BCUT2D eigenvalue weighted by atomic mass is 35.5. The van der Waals surface area contributed by atoms with Crippen LogP contribution in [0.25, 0.3) is 0 Å². The summed E-state index contributed by atoms with van der Waals surface area (Å²) in [5, 5.41) is 4.40. The molecule has 28 heavy (non-hydrogen) atoms. The first-order chi connectivity index (χ1) is 13.4. The topological polar surface area (TPSA) is 93.5 Å². The number of ether oxygens (including phenoxy) is 1. The standard InChI is InChI=1S/C20H18ClN3O4/c1-12-18(13(2)28-24-12)11-27-17-9-5-15(6-10-17)20(26)23-22-19(25)14-3-7-16(21)8-4-14/h3-10H,11H2,1-2H3,(H,22,25)(H,23,26). The summed E-state index contributed by atoms with van der Waals surface area (Å²) in [4.78, 5) is 24.2. The maximum Gasteiger partial charge on any atom is 0.269 e. The molecule has 0 radical (unpaired) electrons. The van der Waals surface area contributed by atoms with E-state index in [1.165, 1.54) is 0 Å². The van der Waals surface area contributed by atoms with E-state index in [1.54, 1.807) is 48.5 Å². The fourth-order valence-corrected chi connectivity index (χ4v) is 2.55. The fourth-order valence-electron chi connectivity index (χ4n) is 2.43. The molecule has 7 nitrogen and oxygen atoms in total. The van der Waals surface area contributed by atoms with Crippen LogP contribution in [0.2, 0.25) is 5.02 Å². The summed E-state index contributed by atoms with van der Waals surface area (Å²) in [6.45, 7) is 4.00. The lowest BCUT2D eigenvalue weighted by molar-refractivity contribution is 0.0846. The van der Waals surface area contributed by atoms with Gasteiger partial charge in [0.2, 0.25) is 0 Å². The number of aryl methyl sites for hydroxylation is 2. The van der Waals surface area contributed by atoms with Gasteiger partial charge in [0.15, 0.2) is 0 Å². The minimum atomic E-state index is -0.445. The monoisotopic (exact) mass is 399 g/mol. The molecule has 8 heteroatoms. The Bertz CT molecular complexity index is 962. The van der Waals surface area contributed by atoms with Crippen molar-refractivity contribution in [2.24, 2.45) is 0 Å². The number of carbonyl (C=O) groups is 2. The summed E-state index contributed by atoms with van der Waals surface area (Å²) in [6, 6.07) is 12.9. The molecule has 0 saturated carbocycles. The van der Waals surface area contributed by atoms with Gasteiger partial charge in [0.1, 0.15) is 18.1 Å². The van der Waals surface area contributed by atoms with Gasteiger partial charge in [-0.3, -0.25) is 20.4 Å². The van der Waals surface area contributed by atoms with Crippen LogP contribution in [0.3, 0.4) is 0 Å². The Kier molecular flexibility index (Phi) is 5.96. The average molecular weight is 400 g/mol. The van der Waals surface area contributed by atoms with Gasteiger partial charge in [0, 0.05) is 16.1 Å². The summed E-state index contributed by atoms with van der Waals surface area (Å²) in [5.74, 6) is 0.427. The fraction of sp³-hybridized carbons (Fsp3) is 0.150. The van der Waals surface area contributed by atoms with Gasteiger partial charge in [-0.15, -0.1) is 0 Å². The second kappa shape index (κ2) is 8.58. The van der Waals surface area contributed by atoms with Gasteiger partial charge in [-0.1, -0.05) is 16.8 Å². The number of halogens is 1. The van der Waals surface area contributed by atoms with Crippen molar-refractivity contribution in [2.75, 3.05) is 0 Å². The molecule has 0 aliphatic carbocycles. The number of amides is 2. The van der Waals surface area contributed by atoms with Crippen LogP contribution >= 0.6 is 11.6 Å². The number of benzene rings is 2. The molecule has 3 rings (SSSR count). The SMILES string of the molecule is Cc1noc(C)c1COc1ccc(C(=O)NNC(=O)c2ccc(Cl)cc2)cc1. The van der Waals surface area contributed by atoms with Crippen LogP contribution in [0.5, 0.6) is 5.75 Å². The van der Waals surface area contributed by atoms with Gasteiger partial charge in [-0.2, -0.15) is 0 Å². The van der Waals surface area contributed by atoms with Crippen LogP contribution in [0, 0.1) is 13.8 Å². The highest BCUT2D eigenvalue weighted by molar-refractivity contribution is 6.30. The van der Waals surface area contributed by atoms with E-state index < -0.39 is 11.8 Å². The first-order valence-electron chi connectivity index (χ1n) is 8.45. The highest BCUT2D eigenvalue weighted by Crippen LogP contribution is 2.18. The molecular weight excluding hydrogens is 382 g/mol. The van der Waals surface area contributed by atoms with Crippen molar-refractivity contribution in [2.45, 2.75) is 20.5 Å². The third-order valence-electron chi connectivity index (χ3n) is 4.08. The number of rotatable bonds is 5. The molecule has 0 bridgehead atoms. The maximum atomic E-state index is 12.2. The van der Waals surface area contributed by atoms with Crippen molar-refractivity contribution in [1.82, 2.24) is 16.0 Å². The Morgan fingerprint density at radius 2 is 1.50 bits per heavy atom. The van der Waals surface area contributed by atoms with E-state index in [0.717, 1.165) is 11.3 Å². The van der Waals surface area contributed by atoms with E-state index in [-0.39, 0.29) is 0 Å². The summed E-state index contributed by atoms with van der Waals surface area (Å²) < 4.78 is 10.8. The molecule has 1 aromatic heterocycles. The van der Waals surface area contributed by atoms with Crippen LogP contribution in [0.4, 0.5) is 0 Å². The van der Waals surface area contributed by atoms with Crippen molar-refractivity contribution >= 4 is 23.4 Å². The molecule has 0 atom stereocenters. The largest absolute Gasteiger partial charge is 0.489 e. The Morgan fingerprint density at radius 1 is 0.964 bits per heavy atom. The van der Waals surface area contributed by atoms with Crippen molar-refractivity contribution in [1.29, 1.82) is 0 Å². The Hall–Kier alpha value is -3.32. The molecule has 0 saturated heterocycles. The van der Waals surface area contributed by atoms with Gasteiger partial charge in [-0.25, -0.2) is 0 Å². The number of hydrogen-bond donors (Lipinski definition) is 2. The van der Waals surface area contributed by atoms with E-state index in [2.05, 4.69) is 16.0 Å². The van der Waals surface area contributed by atoms with Crippen molar-refractivity contribution in [3.05, 3.63) is 81.7 Å². The predicted octanol–water partition coefficient (Wildman–Crippen LogP) is 3.60. The lowest BCUT2D eigenvalue weighted by Gasteiger charge is -2.09. The second-order valence-electron chi connectivity index (χ2n) is 6.03. The van der Waals surface area contributed by atoms with Gasteiger partial charge >= 0.3 is 0 Å². The lowest BCUT2D eigenvalue weighted by atomic mass is 10.2. The van der Waals surface area contributed by atoms with E-state index in [4.69, 9.17) is 20.9 Å². The highest BCUT2D eigenvalue weighted by Gasteiger charge is 2.11. The number of nitrogens with one attached hydrogen (secondary N) is 2. The summed E-state index contributed by atoms with van der Waals surface area (Å²) in [6.07, 6.45) is 0. The van der Waals surface area contributed by atoms with Crippen LogP contribution in [-0.4, -0.2) is 17.0 Å². The van der Waals surface area contributed by atoms with E-state index >= 15 is 0 Å². The van der Waals surface area contributed by atoms with Crippen molar-refractivity contribution in [3.63, 3.8) is 0 Å². The number of hydrogen-bond acceptors (Lipinski definition) is 5. The molecule has 0 unspecified atom stereocenters. The zero-order chi connectivity index (χ0) is 20.1. The quantitative estimate of drug-likeness (QED) is 0.639. The average Bonchev–Trinajstić information content (AvgIpc) is 3.02. The number of aromatic nitrogens is 1. The number of hydrazine groups is 1. The second-order valence-corrected chi connectivity index (χ2v) is 6.47. The minimum absolute atomic E-state index is 0.323. The molecule has 2 aromatic carbocycles. The van der Waals surface area contributed by atoms with E-state index in [9.17, 15) is 9.59 Å².